The Morgan fingerprint density at radius 2 is 1.72 bits per heavy atom. The van der Waals surface area contributed by atoms with Crippen molar-refractivity contribution in [3.05, 3.63) is 58.9 Å². The molecule has 6 N–H and O–H groups in total. The summed E-state index contributed by atoms with van der Waals surface area (Å²) in [7, 11) is -1.76. The number of carbonyl (C=O) groups excluding carboxylic acids is 2. The van der Waals surface area contributed by atoms with E-state index < -0.39 is 45.0 Å². The van der Waals surface area contributed by atoms with Crippen LogP contribution in [0, 0.1) is 6.92 Å². The van der Waals surface area contributed by atoms with Gasteiger partial charge < -0.3 is 20.5 Å². The molecule has 11 nitrogen and oxygen atoms in total. The minimum Gasteiger partial charge on any atom is -0.492 e. The van der Waals surface area contributed by atoms with E-state index in [2.05, 4.69) is 10.1 Å². The molecule has 0 spiro atoms. The van der Waals surface area contributed by atoms with Crippen LogP contribution < -0.4 is 31.4 Å². The summed E-state index contributed by atoms with van der Waals surface area (Å²) in [6.45, 7) is 1.65. The number of benzene rings is 2. The van der Waals surface area contributed by atoms with Crippen LogP contribution >= 0.6 is 0 Å². The van der Waals surface area contributed by atoms with Gasteiger partial charge >= 0.3 is 12.1 Å². The van der Waals surface area contributed by atoms with E-state index in [4.69, 9.17) is 16.3 Å². The molecule has 0 unspecified atom stereocenters. The second-order valence-electron chi connectivity index (χ2n) is 7.42. The minimum atomic E-state index is -4.86. The Kier molecular flexibility index (Phi) is 8.43. The molecule has 0 fully saturated rings. The van der Waals surface area contributed by atoms with Gasteiger partial charge in [0.2, 0.25) is 10.0 Å². The summed E-state index contributed by atoms with van der Waals surface area (Å²) in [5.74, 6) is 3.88. The zero-order valence-corrected chi connectivity index (χ0v) is 20.4. The molecule has 0 saturated heterocycles. The molecule has 0 atom stereocenters. The molecule has 2 aromatic rings. The Balaban J connectivity index is 2.52. The number of sulfonamides is 1. The first-order valence-corrected chi connectivity index (χ1v) is 11.7. The number of rotatable bonds is 8. The van der Waals surface area contributed by atoms with Gasteiger partial charge in [0.1, 0.15) is 5.70 Å². The third-order valence-corrected chi connectivity index (χ3v) is 5.20. The molecule has 1 amide bonds. The SMILES string of the molecule is COC(=O)C(N)=CN(N)c1cc(C(=O)Nc2cc(C(F)(F)F)cc(NS(C)(=O)=O)c2OC)ccc1C. The molecule has 15 heteroatoms. The number of hydrazine groups is 1. The molecule has 0 aromatic heterocycles. The Hall–Kier alpha value is -3.98. The lowest BCUT2D eigenvalue weighted by atomic mass is 10.1. The van der Waals surface area contributed by atoms with E-state index in [0.717, 1.165) is 31.7 Å². The van der Waals surface area contributed by atoms with Crippen molar-refractivity contribution in [3.8, 4) is 5.75 Å². The van der Waals surface area contributed by atoms with Gasteiger partial charge in [-0.1, -0.05) is 6.07 Å². The van der Waals surface area contributed by atoms with Crippen LogP contribution in [0.3, 0.4) is 0 Å². The molecule has 0 bridgehead atoms. The van der Waals surface area contributed by atoms with Crippen LogP contribution in [0.25, 0.3) is 0 Å². The highest BCUT2D eigenvalue weighted by atomic mass is 32.2. The van der Waals surface area contributed by atoms with Gasteiger partial charge in [0.25, 0.3) is 5.91 Å². The smallest absolute Gasteiger partial charge is 0.416 e. The summed E-state index contributed by atoms with van der Waals surface area (Å²) in [5.41, 5.74) is 3.84. The zero-order chi connectivity index (χ0) is 27.4. The maximum absolute atomic E-state index is 13.5. The number of hydrogen-bond acceptors (Lipinski definition) is 9. The van der Waals surface area contributed by atoms with Gasteiger partial charge in [-0.3, -0.25) is 14.5 Å². The van der Waals surface area contributed by atoms with Gasteiger partial charge in [0, 0.05) is 5.56 Å². The minimum absolute atomic E-state index is 0.0341. The number of hydrogen-bond donors (Lipinski definition) is 4. The molecular weight excluding hydrogens is 507 g/mol. The van der Waals surface area contributed by atoms with Crippen LogP contribution in [0.2, 0.25) is 0 Å². The highest BCUT2D eigenvalue weighted by Crippen LogP contribution is 2.41. The maximum Gasteiger partial charge on any atom is 0.416 e. The number of carbonyl (C=O) groups is 2. The third kappa shape index (κ3) is 7.02. The van der Waals surface area contributed by atoms with Gasteiger partial charge in [-0.05, 0) is 36.8 Å². The summed E-state index contributed by atoms with van der Waals surface area (Å²) in [6.07, 6.45) is -3.05. The number of anilines is 3. The highest BCUT2D eigenvalue weighted by molar-refractivity contribution is 7.92. The molecule has 2 rings (SSSR count). The monoisotopic (exact) mass is 531 g/mol. The first-order valence-electron chi connectivity index (χ1n) is 9.86. The van der Waals surface area contributed by atoms with Crippen molar-refractivity contribution in [3.63, 3.8) is 0 Å². The van der Waals surface area contributed by atoms with Crippen molar-refractivity contribution in [2.45, 2.75) is 13.1 Å². The van der Waals surface area contributed by atoms with Gasteiger partial charge in [0.05, 0.1) is 49.3 Å². The molecule has 0 saturated carbocycles. The number of halogens is 3. The summed E-state index contributed by atoms with van der Waals surface area (Å²) in [6, 6.07) is 5.34. The predicted octanol–water partition coefficient (Wildman–Crippen LogP) is 2.30. The average Bonchev–Trinajstić information content (AvgIpc) is 2.76. The second-order valence-corrected chi connectivity index (χ2v) is 9.16. The van der Waals surface area contributed by atoms with Crippen LogP contribution in [0.5, 0.6) is 5.75 Å². The number of amides is 1. The first kappa shape index (κ1) is 28.3. The molecule has 0 aliphatic heterocycles. The van der Waals surface area contributed by atoms with Crippen LogP contribution in [-0.4, -0.2) is 40.8 Å². The highest BCUT2D eigenvalue weighted by Gasteiger charge is 2.33. The lowest BCUT2D eigenvalue weighted by molar-refractivity contribution is -0.137. The van der Waals surface area contributed by atoms with Crippen molar-refractivity contribution in [1.82, 2.24) is 0 Å². The fourth-order valence-electron chi connectivity index (χ4n) is 2.99. The fourth-order valence-corrected chi connectivity index (χ4v) is 3.55. The van der Waals surface area contributed by atoms with Gasteiger partial charge in [-0.25, -0.2) is 19.1 Å². The average molecular weight is 532 g/mol. The van der Waals surface area contributed by atoms with Crippen LogP contribution in [0.1, 0.15) is 21.5 Å². The number of nitrogens with zero attached hydrogens (tertiary/aromatic N) is 1. The van der Waals surface area contributed by atoms with Crippen LogP contribution in [0.15, 0.2) is 42.2 Å². The van der Waals surface area contributed by atoms with Crippen molar-refractivity contribution < 1.29 is 40.7 Å². The van der Waals surface area contributed by atoms with E-state index in [1.165, 1.54) is 18.2 Å². The van der Waals surface area contributed by atoms with Crippen molar-refractivity contribution in [1.29, 1.82) is 0 Å². The summed E-state index contributed by atoms with van der Waals surface area (Å²) < 4.78 is 75.2. The zero-order valence-electron chi connectivity index (χ0n) is 19.6. The van der Waals surface area contributed by atoms with E-state index >= 15 is 0 Å². The summed E-state index contributed by atoms with van der Waals surface area (Å²) in [4.78, 5) is 24.5. The summed E-state index contributed by atoms with van der Waals surface area (Å²) in [5, 5.41) is 3.27. The van der Waals surface area contributed by atoms with Crippen LogP contribution in [0.4, 0.5) is 30.2 Å². The molecule has 0 radical (unpaired) electrons. The normalized spacial score (nSPS) is 12.1. The topological polar surface area (TPSA) is 166 Å². The van der Waals surface area contributed by atoms with Gasteiger partial charge in [-0.2, -0.15) is 13.2 Å². The number of aryl methyl sites for hydroxylation is 1. The Bertz CT molecular complexity index is 1310. The number of ether oxygens (including phenoxy) is 2. The molecule has 2 aromatic carbocycles. The molecular formula is C21H24F3N5O6S. The van der Waals surface area contributed by atoms with Crippen molar-refractivity contribution >= 4 is 39.0 Å². The van der Waals surface area contributed by atoms with Crippen molar-refractivity contribution in [2.24, 2.45) is 11.6 Å². The summed E-state index contributed by atoms with van der Waals surface area (Å²) >= 11 is 0. The third-order valence-electron chi connectivity index (χ3n) is 4.61. The van der Waals surface area contributed by atoms with E-state index in [0.29, 0.717) is 17.7 Å². The second kappa shape index (κ2) is 10.7. The van der Waals surface area contributed by atoms with E-state index in [9.17, 15) is 31.2 Å². The van der Waals surface area contributed by atoms with Gasteiger partial charge in [0.15, 0.2) is 5.75 Å². The Morgan fingerprint density at radius 3 is 2.25 bits per heavy atom. The molecule has 0 aliphatic carbocycles. The molecule has 196 valence electrons. The standard InChI is InChI=1S/C21H24F3N5O6S/c1-11-5-6-12(7-17(11)29(26)10-14(25)20(31)35-3)19(30)27-15-8-13(21(22,23)24)9-16(18(15)34-2)28-36(4,32)33/h5-10,28H,25-26H2,1-4H3,(H,27,30). The number of methoxy groups -OCH3 is 2. The lowest BCUT2D eigenvalue weighted by Crippen LogP contribution is -2.29. The van der Waals surface area contributed by atoms with Crippen LogP contribution in [-0.2, 0) is 25.7 Å². The number of alkyl halides is 3. The molecule has 0 heterocycles. The first-order chi connectivity index (χ1) is 16.6. The Morgan fingerprint density at radius 1 is 1.11 bits per heavy atom. The maximum atomic E-state index is 13.5. The number of esters is 1. The largest absolute Gasteiger partial charge is 0.492 e. The van der Waals surface area contributed by atoms with E-state index in [-0.39, 0.29) is 22.7 Å². The predicted molar refractivity (Wildman–Crippen MR) is 127 cm³/mol. The fraction of sp³-hybridized carbons (Fsp3) is 0.238. The quantitative estimate of drug-likeness (QED) is 0.173. The lowest BCUT2D eigenvalue weighted by Gasteiger charge is -2.20. The molecule has 36 heavy (non-hydrogen) atoms. The van der Waals surface area contributed by atoms with Gasteiger partial charge in [-0.15, -0.1) is 0 Å². The van der Waals surface area contributed by atoms with Crippen molar-refractivity contribution in [2.75, 3.05) is 35.5 Å². The van der Waals surface area contributed by atoms with E-state index in [1.54, 1.807) is 6.92 Å². The van der Waals surface area contributed by atoms with E-state index in [1.807, 2.05) is 4.72 Å². The molecule has 0 aliphatic rings. The number of nitrogens with one attached hydrogen (secondary N) is 2. The Labute approximate surface area is 204 Å². The number of nitrogens with two attached hydrogens (primary N) is 2.